The average molecular weight is 334 g/mol. The number of aliphatic carboxylic acids is 1. The Balaban J connectivity index is 2.18. The van der Waals surface area contributed by atoms with Crippen molar-refractivity contribution in [3.63, 3.8) is 0 Å². The zero-order valence-corrected chi connectivity index (χ0v) is 13.6. The first kappa shape index (κ1) is 17.5. The maximum atomic E-state index is 11.6. The van der Waals surface area contributed by atoms with Crippen LogP contribution < -0.4 is 10.4 Å². The quantitative estimate of drug-likeness (QED) is 0.508. The van der Waals surface area contributed by atoms with Gasteiger partial charge < -0.3 is 19.0 Å². The van der Waals surface area contributed by atoms with Crippen molar-refractivity contribution in [3.05, 3.63) is 40.2 Å². The third-order valence-electron chi connectivity index (χ3n) is 3.17. The van der Waals surface area contributed by atoms with Crippen LogP contribution in [0.25, 0.3) is 11.0 Å². The van der Waals surface area contributed by atoms with E-state index < -0.39 is 23.0 Å². The van der Waals surface area contributed by atoms with Crippen molar-refractivity contribution >= 4 is 22.9 Å². The van der Waals surface area contributed by atoms with Crippen molar-refractivity contribution in [3.8, 4) is 5.75 Å². The van der Waals surface area contributed by atoms with Crippen LogP contribution in [0.1, 0.15) is 26.3 Å². The normalized spacial score (nSPS) is 11.3. The predicted octanol–water partition coefficient (Wildman–Crippen LogP) is 2.35. The van der Waals surface area contributed by atoms with Gasteiger partial charge in [-0.25, -0.2) is 4.79 Å². The van der Waals surface area contributed by atoms with Crippen molar-refractivity contribution in [2.45, 2.75) is 27.2 Å². The lowest BCUT2D eigenvalue weighted by Gasteiger charge is -2.16. The number of carboxylic acids is 1. The van der Waals surface area contributed by atoms with Gasteiger partial charge in [0, 0.05) is 17.5 Å². The van der Waals surface area contributed by atoms with E-state index in [0.717, 1.165) is 6.07 Å². The number of benzene rings is 1. The number of fused-ring (bicyclic) bond motifs is 1. The molecule has 0 saturated carbocycles. The van der Waals surface area contributed by atoms with E-state index in [1.54, 1.807) is 32.9 Å². The summed E-state index contributed by atoms with van der Waals surface area (Å²) < 4.78 is 15.4. The lowest BCUT2D eigenvalue weighted by molar-refractivity contribution is -0.159. The molecular formula is C17H18O7. The van der Waals surface area contributed by atoms with Gasteiger partial charge in [-0.1, -0.05) is 0 Å². The summed E-state index contributed by atoms with van der Waals surface area (Å²) >= 11 is 0. The second-order valence-electron chi connectivity index (χ2n) is 6.26. The fourth-order valence-electron chi connectivity index (χ4n) is 1.98. The van der Waals surface area contributed by atoms with Gasteiger partial charge in [0.2, 0.25) is 6.79 Å². The topological polar surface area (TPSA) is 103 Å². The summed E-state index contributed by atoms with van der Waals surface area (Å²) in [6, 6.07) is 5.78. The van der Waals surface area contributed by atoms with Crippen molar-refractivity contribution in [1.29, 1.82) is 0 Å². The summed E-state index contributed by atoms with van der Waals surface area (Å²) in [5.41, 5.74) is -0.710. The molecule has 1 aromatic carbocycles. The molecule has 7 heteroatoms. The monoisotopic (exact) mass is 334 g/mol. The Hall–Kier alpha value is -2.83. The number of carbonyl (C=O) groups is 2. The highest BCUT2D eigenvalue weighted by Crippen LogP contribution is 2.23. The summed E-state index contributed by atoms with van der Waals surface area (Å²) in [5, 5.41) is 9.41. The van der Waals surface area contributed by atoms with E-state index in [0.29, 0.717) is 16.7 Å². The fraction of sp³-hybridized carbons (Fsp3) is 0.353. The van der Waals surface area contributed by atoms with E-state index in [4.69, 9.17) is 19.0 Å². The van der Waals surface area contributed by atoms with E-state index in [-0.39, 0.29) is 18.8 Å². The lowest BCUT2D eigenvalue weighted by Crippen LogP contribution is -2.24. The van der Waals surface area contributed by atoms with Crippen molar-refractivity contribution in [1.82, 2.24) is 0 Å². The highest BCUT2D eigenvalue weighted by atomic mass is 16.7. The van der Waals surface area contributed by atoms with Gasteiger partial charge in [0.25, 0.3) is 0 Å². The number of hydrogen-bond donors (Lipinski definition) is 1. The molecule has 0 atom stereocenters. The molecule has 24 heavy (non-hydrogen) atoms. The molecule has 0 bridgehead atoms. The second kappa shape index (κ2) is 6.74. The van der Waals surface area contributed by atoms with Crippen LogP contribution in [0, 0.1) is 5.41 Å². The van der Waals surface area contributed by atoms with E-state index in [1.807, 2.05) is 0 Å². The zero-order valence-electron chi connectivity index (χ0n) is 13.6. The summed E-state index contributed by atoms with van der Waals surface area (Å²) in [7, 11) is 0. The maximum Gasteiger partial charge on any atom is 0.336 e. The number of hydrogen-bond acceptors (Lipinski definition) is 6. The molecule has 0 spiro atoms. The first-order valence-corrected chi connectivity index (χ1v) is 7.25. The van der Waals surface area contributed by atoms with E-state index in [1.165, 1.54) is 6.07 Å². The smallest absolute Gasteiger partial charge is 0.336 e. The molecule has 0 radical (unpaired) electrons. The summed E-state index contributed by atoms with van der Waals surface area (Å²) in [6.07, 6.45) is -0.286. The van der Waals surface area contributed by atoms with Gasteiger partial charge in [-0.05, 0) is 38.5 Å². The molecule has 2 rings (SSSR count). The number of ether oxygens (including phenoxy) is 2. The molecule has 0 saturated heterocycles. The summed E-state index contributed by atoms with van der Waals surface area (Å²) in [6.45, 7) is 4.90. The first-order chi connectivity index (χ1) is 11.2. The molecule has 7 nitrogen and oxygen atoms in total. The number of rotatable bonds is 5. The maximum absolute atomic E-state index is 11.6. The third-order valence-corrected chi connectivity index (χ3v) is 3.17. The van der Waals surface area contributed by atoms with Crippen LogP contribution in [0.5, 0.6) is 5.75 Å². The predicted molar refractivity (Wildman–Crippen MR) is 84.9 cm³/mol. The highest BCUT2D eigenvalue weighted by Gasteiger charge is 2.23. The Kier molecular flexibility index (Phi) is 4.92. The molecule has 0 unspecified atom stereocenters. The van der Waals surface area contributed by atoms with Crippen LogP contribution in [0.2, 0.25) is 0 Å². The van der Waals surface area contributed by atoms with Gasteiger partial charge in [-0.2, -0.15) is 0 Å². The number of carboxylic acid groups (broad SMARTS) is 1. The Morgan fingerprint density at radius 2 is 1.92 bits per heavy atom. The average Bonchev–Trinajstić information content (AvgIpc) is 2.44. The molecule has 0 aliphatic heterocycles. The van der Waals surface area contributed by atoms with E-state index >= 15 is 0 Å². The summed E-state index contributed by atoms with van der Waals surface area (Å²) in [4.78, 5) is 34.1. The molecule has 0 amide bonds. The zero-order chi connectivity index (χ0) is 17.9. The van der Waals surface area contributed by atoms with Crippen LogP contribution in [0.3, 0.4) is 0 Å². The minimum Gasteiger partial charge on any atom is -0.481 e. The van der Waals surface area contributed by atoms with Crippen LogP contribution >= 0.6 is 0 Å². The van der Waals surface area contributed by atoms with Crippen LogP contribution in [-0.2, 0) is 20.7 Å². The molecule has 0 aliphatic rings. The summed E-state index contributed by atoms with van der Waals surface area (Å²) in [5.74, 6) is -1.12. The Morgan fingerprint density at radius 3 is 2.54 bits per heavy atom. The van der Waals surface area contributed by atoms with Gasteiger partial charge >= 0.3 is 17.6 Å². The first-order valence-electron chi connectivity index (χ1n) is 7.25. The van der Waals surface area contributed by atoms with Gasteiger partial charge in [-0.3, -0.25) is 9.59 Å². The molecule has 128 valence electrons. The molecule has 0 fully saturated rings. The SMILES string of the molecule is CC(C)(C)C(=O)OCOc1ccc2c(CC(=O)O)cc(=O)oc2c1. The van der Waals surface area contributed by atoms with Crippen molar-refractivity contribution in [2.75, 3.05) is 6.79 Å². The van der Waals surface area contributed by atoms with Gasteiger partial charge in [-0.15, -0.1) is 0 Å². The highest BCUT2D eigenvalue weighted by molar-refractivity contribution is 5.85. The Morgan fingerprint density at radius 1 is 1.21 bits per heavy atom. The molecular weight excluding hydrogens is 316 g/mol. The van der Waals surface area contributed by atoms with Crippen LogP contribution in [0.15, 0.2) is 33.5 Å². The minimum atomic E-state index is -1.05. The minimum absolute atomic E-state index is 0.207. The Labute approximate surface area is 137 Å². The fourth-order valence-corrected chi connectivity index (χ4v) is 1.98. The molecule has 2 aromatic rings. The lowest BCUT2D eigenvalue weighted by atomic mass is 9.98. The largest absolute Gasteiger partial charge is 0.481 e. The second-order valence-corrected chi connectivity index (χ2v) is 6.26. The van der Waals surface area contributed by atoms with Crippen LogP contribution in [-0.4, -0.2) is 23.8 Å². The third kappa shape index (κ3) is 4.34. The van der Waals surface area contributed by atoms with Gasteiger partial charge in [0.1, 0.15) is 11.3 Å². The standard InChI is InChI=1S/C17H18O7/c1-17(2,3)16(21)23-9-22-11-4-5-12-10(6-14(18)19)7-15(20)24-13(12)8-11/h4-5,7-8H,6,9H2,1-3H3,(H,18,19). The van der Waals surface area contributed by atoms with Crippen molar-refractivity contribution < 1.29 is 28.6 Å². The van der Waals surface area contributed by atoms with E-state index in [9.17, 15) is 14.4 Å². The number of esters is 1. The van der Waals surface area contributed by atoms with Gasteiger partial charge in [0.05, 0.1) is 11.8 Å². The molecule has 1 heterocycles. The van der Waals surface area contributed by atoms with Gasteiger partial charge in [0.15, 0.2) is 0 Å². The molecule has 0 aliphatic carbocycles. The number of carbonyl (C=O) groups excluding carboxylic acids is 1. The van der Waals surface area contributed by atoms with E-state index in [2.05, 4.69) is 0 Å². The van der Waals surface area contributed by atoms with Crippen LogP contribution in [0.4, 0.5) is 0 Å². The molecule has 1 aromatic heterocycles. The van der Waals surface area contributed by atoms with Crippen molar-refractivity contribution in [2.24, 2.45) is 5.41 Å². The molecule has 1 N–H and O–H groups in total. The Bertz CT molecular complexity index is 827.